The molecule has 1 aromatic heterocycles. The molecule has 9 nitrogen and oxygen atoms in total. The van der Waals surface area contributed by atoms with E-state index in [-0.39, 0.29) is 17.2 Å². The van der Waals surface area contributed by atoms with Crippen LogP contribution in [0.5, 0.6) is 0 Å². The fourth-order valence-electron chi connectivity index (χ4n) is 2.12. The van der Waals surface area contributed by atoms with Gasteiger partial charge in [-0.3, -0.25) is 19.7 Å². The molecule has 2 heterocycles. The molecular formula is C12H15N5O4. The Hall–Kier alpha value is -2.71. The molecule has 0 radical (unpaired) electrons. The van der Waals surface area contributed by atoms with Crippen LogP contribution in [0.2, 0.25) is 0 Å². The second-order valence-electron chi connectivity index (χ2n) is 4.56. The molecule has 112 valence electrons. The number of carbonyl (C=O) groups excluding carboxylic acids is 2. The number of amides is 2. The first-order chi connectivity index (χ1) is 9.95. The van der Waals surface area contributed by atoms with Gasteiger partial charge in [-0.05, 0) is 6.92 Å². The Bertz CT molecular complexity index is 603. The van der Waals surface area contributed by atoms with E-state index in [1.54, 1.807) is 14.0 Å². The number of anilines is 1. The molecule has 1 aromatic rings. The highest BCUT2D eigenvalue weighted by molar-refractivity contribution is 6.01. The summed E-state index contributed by atoms with van der Waals surface area (Å²) in [6.07, 6.45) is 1.04. The zero-order valence-corrected chi connectivity index (χ0v) is 11.6. The monoisotopic (exact) mass is 293 g/mol. The van der Waals surface area contributed by atoms with Crippen molar-refractivity contribution >= 4 is 23.3 Å². The summed E-state index contributed by atoms with van der Waals surface area (Å²) in [5.41, 5.74) is -0.460. The molecule has 0 bridgehead atoms. The highest BCUT2D eigenvalue weighted by Crippen LogP contribution is 2.23. The quantitative estimate of drug-likeness (QED) is 0.598. The summed E-state index contributed by atoms with van der Waals surface area (Å²) in [5, 5.41) is 16.4. The zero-order chi connectivity index (χ0) is 15.6. The number of nitro groups is 1. The van der Waals surface area contributed by atoms with Crippen molar-refractivity contribution < 1.29 is 14.5 Å². The molecule has 2 N–H and O–H groups in total. The maximum absolute atomic E-state index is 12.5. The van der Waals surface area contributed by atoms with Gasteiger partial charge in [0.15, 0.2) is 0 Å². The Kier molecular flexibility index (Phi) is 4.01. The molecule has 0 aliphatic carbocycles. The van der Waals surface area contributed by atoms with Gasteiger partial charge in [-0.15, -0.1) is 0 Å². The van der Waals surface area contributed by atoms with Gasteiger partial charge in [0.05, 0.1) is 4.92 Å². The number of piperazine rings is 1. The molecule has 0 saturated carbocycles. The Morgan fingerprint density at radius 1 is 1.62 bits per heavy atom. The first-order valence-corrected chi connectivity index (χ1v) is 6.36. The Morgan fingerprint density at radius 3 is 2.95 bits per heavy atom. The van der Waals surface area contributed by atoms with Crippen LogP contribution in [0.25, 0.3) is 0 Å². The van der Waals surface area contributed by atoms with Crippen molar-refractivity contribution in [2.45, 2.75) is 13.0 Å². The summed E-state index contributed by atoms with van der Waals surface area (Å²) in [7, 11) is 1.60. The van der Waals surface area contributed by atoms with Gasteiger partial charge in [-0.2, -0.15) is 0 Å². The molecule has 1 saturated heterocycles. The minimum absolute atomic E-state index is 0.0825. The summed E-state index contributed by atoms with van der Waals surface area (Å²) in [5.74, 6) is -0.485. The summed E-state index contributed by atoms with van der Waals surface area (Å²) in [4.78, 5) is 39.7. The maximum atomic E-state index is 12.5. The predicted molar refractivity (Wildman–Crippen MR) is 73.9 cm³/mol. The number of nitrogens with one attached hydrogen (secondary N) is 2. The van der Waals surface area contributed by atoms with Crippen molar-refractivity contribution in [1.29, 1.82) is 0 Å². The maximum Gasteiger partial charge on any atom is 0.300 e. The fraction of sp³-hybridized carbons (Fsp3) is 0.417. The standard InChI is InChI=1S/C12H15N5O4/c1-7-11(18)14-3-4-16(7)12(19)8-5-10(13-2)15-6-9(8)17(20)21/h5-7H,3-4H2,1-2H3,(H,13,15)(H,14,18). The number of carbonyl (C=O) groups is 2. The molecule has 1 fully saturated rings. The van der Waals surface area contributed by atoms with Crippen LogP contribution in [-0.2, 0) is 4.79 Å². The van der Waals surface area contributed by atoms with E-state index in [0.717, 1.165) is 6.20 Å². The lowest BCUT2D eigenvalue weighted by Crippen LogP contribution is -2.55. The van der Waals surface area contributed by atoms with Gasteiger partial charge in [0, 0.05) is 26.2 Å². The first-order valence-electron chi connectivity index (χ1n) is 6.36. The van der Waals surface area contributed by atoms with E-state index >= 15 is 0 Å². The SMILES string of the molecule is CNc1cc(C(=O)N2CCNC(=O)C2C)c([N+](=O)[O-])cn1. The smallest absolute Gasteiger partial charge is 0.300 e. The molecule has 1 unspecified atom stereocenters. The van der Waals surface area contributed by atoms with Crippen molar-refractivity contribution in [3.05, 3.63) is 27.9 Å². The van der Waals surface area contributed by atoms with E-state index in [0.29, 0.717) is 18.9 Å². The fourth-order valence-corrected chi connectivity index (χ4v) is 2.12. The van der Waals surface area contributed by atoms with Crippen LogP contribution in [0.1, 0.15) is 17.3 Å². The summed E-state index contributed by atoms with van der Waals surface area (Å²) >= 11 is 0. The van der Waals surface area contributed by atoms with E-state index in [4.69, 9.17) is 0 Å². The van der Waals surface area contributed by atoms with Gasteiger partial charge < -0.3 is 15.5 Å². The second-order valence-corrected chi connectivity index (χ2v) is 4.56. The van der Waals surface area contributed by atoms with Gasteiger partial charge in [0.1, 0.15) is 23.6 Å². The molecular weight excluding hydrogens is 278 g/mol. The molecule has 9 heteroatoms. The molecule has 0 spiro atoms. The van der Waals surface area contributed by atoms with Crippen LogP contribution < -0.4 is 10.6 Å². The molecule has 21 heavy (non-hydrogen) atoms. The van der Waals surface area contributed by atoms with Crippen LogP contribution in [0.4, 0.5) is 11.5 Å². The van der Waals surface area contributed by atoms with Crippen molar-refractivity contribution in [2.75, 3.05) is 25.5 Å². The number of hydrogen-bond donors (Lipinski definition) is 2. The summed E-state index contributed by atoms with van der Waals surface area (Å²) in [6.45, 7) is 2.21. The van der Waals surface area contributed by atoms with Crippen LogP contribution in [0, 0.1) is 10.1 Å². The largest absolute Gasteiger partial charge is 0.373 e. The van der Waals surface area contributed by atoms with Crippen LogP contribution >= 0.6 is 0 Å². The zero-order valence-electron chi connectivity index (χ0n) is 11.6. The van der Waals surface area contributed by atoms with E-state index in [2.05, 4.69) is 15.6 Å². The molecule has 2 rings (SSSR count). The lowest BCUT2D eigenvalue weighted by Gasteiger charge is -2.32. The van der Waals surface area contributed by atoms with Crippen molar-refractivity contribution in [1.82, 2.24) is 15.2 Å². The van der Waals surface area contributed by atoms with E-state index < -0.39 is 16.9 Å². The molecule has 0 aromatic carbocycles. The second kappa shape index (κ2) is 5.73. The van der Waals surface area contributed by atoms with E-state index in [1.165, 1.54) is 11.0 Å². The number of rotatable bonds is 3. The van der Waals surface area contributed by atoms with Gasteiger partial charge in [-0.25, -0.2) is 4.98 Å². The first kappa shape index (κ1) is 14.7. The van der Waals surface area contributed by atoms with Crippen LogP contribution in [0.15, 0.2) is 12.3 Å². The molecule has 1 atom stereocenters. The average molecular weight is 293 g/mol. The molecule has 1 aliphatic rings. The minimum atomic E-state index is -0.669. The van der Waals surface area contributed by atoms with Gasteiger partial charge in [0.2, 0.25) is 5.91 Å². The van der Waals surface area contributed by atoms with Gasteiger partial charge >= 0.3 is 0 Å². The lowest BCUT2D eigenvalue weighted by molar-refractivity contribution is -0.385. The number of hydrogen-bond acceptors (Lipinski definition) is 6. The third-order valence-corrected chi connectivity index (χ3v) is 3.33. The third-order valence-electron chi connectivity index (χ3n) is 3.33. The van der Waals surface area contributed by atoms with Gasteiger partial charge in [0.25, 0.3) is 11.6 Å². The molecule has 2 amide bonds. The Labute approximate surface area is 120 Å². The van der Waals surface area contributed by atoms with Gasteiger partial charge in [-0.1, -0.05) is 0 Å². The number of nitrogens with zero attached hydrogens (tertiary/aromatic N) is 3. The highest BCUT2D eigenvalue weighted by atomic mass is 16.6. The van der Waals surface area contributed by atoms with Crippen molar-refractivity contribution in [2.24, 2.45) is 0 Å². The molecule has 1 aliphatic heterocycles. The van der Waals surface area contributed by atoms with E-state index in [9.17, 15) is 19.7 Å². The average Bonchev–Trinajstić information content (AvgIpc) is 2.48. The van der Waals surface area contributed by atoms with Crippen molar-refractivity contribution in [3.8, 4) is 0 Å². The lowest BCUT2D eigenvalue weighted by atomic mass is 10.1. The van der Waals surface area contributed by atoms with E-state index in [1.807, 2.05) is 0 Å². The number of pyridine rings is 1. The summed E-state index contributed by atoms with van der Waals surface area (Å²) in [6, 6.07) is 0.650. The summed E-state index contributed by atoms with van der Waals surface area (Å²) < 4.78 is 0. The normalized spacial score (nSPS) is 18.1. The van der Waals surface area contributed by atoms with Crippen LogP contribution in [0.3, 0.4) is 0 Å². The number of aromatic nitrogens is 1. The van der Waals surface area contributed by atoms with Crippen molar-refractivity contribution in [3.63, 3.8) is 0 Å². The van der Waals surface area contributed by atoms with Crippen LogP contribution in [-0.4, -0.2) is 52.8 Å². The third kappa shape index (κ3) is 2.76. The topological polar surface area (TPSA) is 117 Å². The Morgan fingerprint density at radius 2 is 2.33 bits per heavy atom. The minimum Gasteiger partial charge on any atom is -0.373 e. The Balaban J connectivity index is 2.41. The highest BCUT2D eigenvalue weighted by Gasteiger charge is 2.33. The predicted octanol–water partition coefficient (Wildman–Crippen LogP) is -0.00800.